The van der Waals surface area contributed by atoms with E-state index in [4.69, 9.17) is 12.2 Å². The SMILES string of the molecule is S=C(S)NCCCCCCCCCCCCCCCCCCCCCCCCCCCCCCCCCCCCCCS. The standard InChI is InChI=1S/C39H79NS3/c41-38-36-34-32-30-28-26-24-22-20-18-16-14-12-10-8-6-4-2-1-3-5-7-9-11-13-15-17-19-21-23-25-27-29-31-33-35-37-40-39(42)43/h41H,1-38H2,(H2,40,42,43). The Morgan fingerprint density at radius 1 is 0.302 bits per heavy atom. The average molecular weight is 658 g/mol. The number of rotatable bonds is 38. The van der Waals surface area contributed by atoms with Crippen molar-refractivity contribution in [3.63, 3.8) is 0 Å². The summed E-state index contributed by atoms with van der Waals surface area (Å²) in [4.78, 5) is 0. The van der Waals surface area contributed by atoms with E-state index in [1.165, 1.54) is 231 Å². The molecule has 4 heteroatoms. The zero-order chi connectivity index (χ0) is 31.2. The van der Waals surface area contributed by atoms with E-state index in [0.29, 0.717) is 4.32 Å². The quantitative estimate of drug-likeness (QED) is 0.0347. The van der Waals surface area contributed by atoms with Crippen LogP contribution < -0.4 is 5.32 Å². The molecule has 258 valence electrons. The van der Waals surface area contributed by atoms with E-state index in [1.54, 1.807) is 0 Å². The molecule has 0 amide bonds. The van der Waals surface area contributed by atoms with Gasteiger partial charge in [0, 0.05) is 6.54 Å². The van der Waals surface area contributed by atoms with Crippen LogP contribution in [0, 0.1) is 0 Å². The van der Waals surface area contributed by atoms with E-state index >= 15 is 0 Å². The van der Waals surface area contributed by atoms with Crippen molar-refractivity contribution in [2.24, 2.45) is 0 Å². The highest BCUT2D eigenvalue weighted by Gasteiger charge is 1.98. The first-order chi connectivity index (χ1) is 21.3. The van der Waals surface area contributed by atoms with Gasteiger partial charge in [-0.2, -0.15) is 12.6 Å². The van der Waals surface area contributed by atoms with Crippen molar-refractivity contribution in [1.29, 1.82) is 0 Å². The Morgan fingerprint density at radius 3 is 0.628 bits per heavy atom. The van der Waals surface area contributed by atoms with Crippen LogP contribution in [-0.4, -0.2) is 16.6 Å². The van der Waals surface area contributed by atoms with Gasteiger partial charge in [-0.3, -0.25) is 0 Å². The van der Waals surface area contributed by atoms with Crippen LogP contribution in [0.3, 0.4) is 0 Å². The van der Waals surface area contributed by atoms with E-state index in [1.807, 2.05) is 0 Å². The number of thiocarbonyl (C=S) groups is 1. The summed E-state index contributed by atoms with van der Waals surface area (Å²) in [6.07, 6.45) is 52.2. The normalized spacial score (nSPS) is 11.4. The first kappa shape index (κ1) is 43.6. The third-order valence-electron chi connectivity index (χ3n) is 9.36. The monoisotopic (exact) mass is 658 g/mol. The van der Waals surface area contributed by atoms with E-state index in [9.17, 15) is 0 Å². The van der Waals surface area contributed by atoms with Gasteiger partial charge >= 0.3 is 0 Å². The lowest BCUT2D eigenvalue weighted by molar-refractivity contribution is 0.510. The van der Waals surface area contributed by atoms with Crippen molar-refractivity contribution in [3.05, 3.63) is 0 Å². The Labute approximate surface area is 289 Å². The van der Waals surface area contributed by atoms with Crippen molar-refractivity contribution in [3.8, 4) is 0 Å². The predicted octanol–water partition coefficient (Wildman–Crippen LogP) is 14.8. The maximum absolute atomic E-state index is 4.91. The molecule has 0 aliphatic rings. The van der Waals surface area contributed by atoms with Gasteiger partial charge < -0.3 is 5.32 Å². The second kappa shape index (κ2) is 40.6. The molecule has 0 fully saturated rings. The Hall–Kier alpha value is 0.590. The Morgan fingerprint density at radius 2 is 0.465 bits per heavy atom. The molecule has 0 aliphatic carbocycles. The Balaban J connectivity index is 3.03. The fourth-order valence-electron chi connectivity index (χ4n) is 6.44. The number of nitrogens with one attached hydrogen (secondary N) is 1. The van der Waals surface area contributed by atoms with E-state index in [2.05, 4.69) is 30.6 Å². The summed E-state index contributed by atoms with van der Waals surface area (Å²) in [6.45, 7) is 0.987. The van der Waals surface area contributed by atoms with Crippen LogP contribution in [0.5, 0.6) is 0 Å². The van der Waals surface area contributed by atoms with Gasteiger partial charge in [-0.25, -0.2) is 0 Å². The van der Waals surface area contributed by atoms with Crippen LogP contribution in [0.25, 0.3) is 0 Å². The zero-order valence-corrected chi connectivity index (χ0v) is 31.8. The molecule has 0 atom stereocenters. The van der Waals surface area contributed by atoms with Gasteiger partial charge in [0.2, 0.25) is 0 Å². The maximum atomic E-state index is 4.91. The maximum Gasteiger partial charge on any atom is 0.130 e. The molecule has 0 heterocycles. The molecule has 0 aromatic heterocycles. The molecule has 0 aliphatic heterocycles. The predicted molar refractivity (Wildman–Crippen MR) is 210 cm³/mol. The Bertz CT molecular complexity index is 513. The summed E-state index contributed by atoms with van der Waals surface area (Å²) >= 11 is 13.3. The largest absolute Gasteiger partial charge is 0.371 e. The summed E-state index contributed by atoms with van der Waals surface area (Å²) in [5.41, 5.74) is 0. The lowest BCUT2D eigenvalue weighted by Gasteiger charge is -2.05. The number of unbranched alkanes of at least 4 members (excludes halogenated alkanes) is 35. The molecule has 1 nitrogen and oxygen atoms in total. The first-order valence-electron chi connectivity index (χ1n) is 19.8. The van der Waals surface area contributed by atoms with Crippen LogP contribution in [-0.2, 0) is 0 Å². The number of hydrogen-bond acceptors (Lipinski definition) is 2. The fraction of sp³-hybridized carbons (Fsp3) is 0.974. The van der Waals surface area contributed by atoms with Crippen LogP contribution in [0.1, 0.15) is 231 Å². The average Bonchev–Trinajstić information content (AvgIpc) is 3.00. The van der Waals surface area contributed by atoms with Gasteiger partial charge in [-0.05, 0) is 18.6 Å². The molecule has 0 rings (SSSR count). The molecule has 0 bridgehead atoms. The second-order valence-corrected chi connectivity index (χ2v) is 15.3. The molecular weight excluding hydrogens is 579 g/mol. The summed E-state index contributed by atoms with van der Waals surface area (Å²) in [6, 6.07) is 0. The Kier molecular flexibility index (Phi) is 41.2. The molecule has 0 saturated carbocycles. The third-order valence-corrected chi connectivity index (χ3v) is 9.98. The first-order valence-corrected chi connectivity index (χ1v) is 21.3. The van der Waals surface area contributed by atoms with Gasteiger partial charge in [0.1, 0.15) is 4.32 Å². The number of thiol groups is 2. The minimum Gasteiger partial charge on any atom is -0.371 e. The van der Waals surface area contributed by atoms with Gasteiger partial charge in [0.05, 0.1) is 0 Å². The third kappa shape index (κ3) is 42.6. The minimum atomic E-state index is 0.630. The number of hydrogen-bond donors (Lipinski definition) is 3. The highest BCUT2D eigenvalue weighted by molar-refractivity contribution is 8.11. The summed E-state index contributed by atoms with van der Waals surface area (Å²) in [7, 11) is 0. The van der Waals surface area contributed by atoms with Crippen molar-refractivity contribution >= 4 is 41.8 Å². The molecule has 43 heavy (non-hydrogen) atoms. The molecule has 1 N–H and O–H groups in total. The minimum absolute atomic E-state index is 0.630. The highest BCUT2D eigenvalue weighted by Crippen LogP contribution is 2.17. The van der Waals surface area contributed by atoms with Crippen LogP contribution in [0.2, 0.25) is 0 Å². The molecule has 0 saturated heterocycles. The fourth-order valence-corrected chi connectivity index (χ4v) is 6.88. The van der Waals surface area contributed by atoms with Crippen molar-refractivity contribution in [2.75, 3.05) is 12.3 Å². The molecular formula is C39H79NS3. The highest BCUT2D eigenvalue weighted by atomic mass is 32.1. The van der Waals surface area contributed by atoms with Gasteiger partial charge in [0.15, 0.2) is 0 Å². The van der Waals surface area contributed by atoms with Crippen molar-refractivity contribution in [1.82, 2.24) is 5.32 Å². The molecule has 0 radical (unpaired) electrons. The smallest absolute Gasteiger partial charge is 0.130 e. The van der Waals surface area contributed by atoms with E-state index in [0.717, 1.165) is 12.3 Å². The topological polar surface area (TPSA) is 12.0 Å². The molecule has 0 aromatic carbocycles. The molecule has 0 unspecified atom stereocenters. The van der Waals surface area contributed by atoms with Gasteiger partial charge in [0.25, 0.3) is 0 Å². The second-order valence-electron chi connectivity index (χ2n) is 13.7. The van der Waals surface area contributed by atoms with Crippen molar-refractivity contribution in [2.45, 2.75) is 231 Å². The molecule has 0 spiro atoms. The summed E-state index contributed by atoms with van der Waals surface area (Å²) < 4.78 is 0.630. The van der Waals surface area contributed by atoms with E-state index in [-0.39, 0.29) is 0 Å². The molecule has 0 aromatic rings. The lowest BCUT2D eigenvalue weighted by Crippen LogP contribution is -2.17. The van der Waals surface area contributed by atoms with Crippen LogP contribution in [0.15, 0.2) is 0 Å². The summed E-state index contributed by atoms with van der Waals surface area (Å²) in [5, 5.41) is 3.12. The van der Waals surface area contributed by atoms with Crippen LogP contribution >= 0.6 is 37.5 Å². The van der Waals surface area contributed by atoms with Gasteiger partial charge in [-0.1, -0.05) is 231 Å². The lowest BCUT2D eigenvalue weighted by atomic mass is 10.0. The van der Waals surface area contributed by atoms with Gasteiger partial charge in [-0.15, -0.1) is 12.6 Å². The zero-order valence-electron chi connectivity index (χ0n) is 29.2. The van der Waals surface area contributed by atoms with Crippen molar-refractivity contribution < 1.29 is 0 Å². The van der Waals surface area contributed by atoms with Crippen LogP contribution in [0.4, 0.5) is 0 Å². The van der Waals surface area contributed by atoms with E-state index < -0.39 is 0 Å². The summed E-state index contributed by atoms with van der Waals surface area (Å²) in [5.74, 6) is 1.07.